The standard InChI is InChI=1S/C20H23NO3/c1-13-10-14(2)20(15(3)11-13)21-19(22)9-7-16-6-8-17(23-4)18(12-16)24-5/h6-12H,1-5H3,(H,21,22). The van der Waals surface area contributed by atoms with Gasteiger partial charge in [-0.3, -0.25) is 4.79 Å². The molecule has 24 heavy (non-hydrogen) atoms. The molecule has 0 saturated heterocycles. The predicted molar refractivity (Wildman–Crippen MR) is 97.9 cm³/mol. The molecule has 1 amide bonds. The number of benzene rings is 2. The van der Waals surface area contributed by atoms with Crippen LogP contribution in [0.2, 0.25) is 0 Å². The second-order valence-electron chi connectivity index (χ2n) is 5.71. The third-order valence-corrected chi connectivity index (χ3v) is 3.76. The van der Waals surface area contributed by atoms with Crippen LogP contribution in [0, 0.1) is 20.8 Å². The van der Waals surface area contributed by atoms with Crippen LogP contribution < -0.4 is 14.8 Å². The van der Waals surface area contributed by atoms with Crippen LogP contribution in [0.4, 0.5) is 5.69 Å². The Morgan fingerprint density at radius 1 is 0.958 bits per heavy atom. The van der Waals surface area contributed by atoms with Gasteiger partial charge in [-0.05, 0) is 55.7 Å². The third kappa shape index (κ3) is 4.16. The van der Waals surface area contributed by atoms with E-state index in [4.69, 9.17) is 9.47 Å². The summed E-state index contributed by atoms with van der Waals surface area (Å²) < 4.78 is 10.5. The fourth-order valence-corrected chi connectivity index (χ4v) is 2.67. The summed E-state index contributed by atoms with van der Waals surface area (Å²) in [5.74, 6) is 1.12. The molecule has 4 nitrogen and oxygen atoms in total. The summed E-state index contributed by atoms with van der Waals surface area (Å²) in [6.45, 7) is 6.03. The molecule has 0 heterocycles. The highest BCUT2D eigenvalue weighted by Gasteiger charge is 2.07. The topological polar surface area (TPSA) is 47.6 Å². The van der Waals surface area contributed by atoms with E-state index in [9.17, 15) is 4.79 Å². The fourth-order valence-electron chi connectivity index (χ4n) is 2.67. The maximum Gasteiger partial charge on any atom is 0.248 e. The third-order valence-electron chi connectivity index (χ3n) is 3.76. The Morgan fingerprint density at radius 3 is 2.17 bits per heavy atom. The van der Waals surface area contributed by atoms with Crippen molar-refractivity contribution >= 4 is 17.7 Å². The van der Waals surface area contributed by atoms with E-state index < -0.39 is 0 Å². The predicted octanol–water partition coefficient (Wildman–Crippen LogP) is 4.28. The minimum Gasteiger partial charge on any atom is -0.493 e. The summed E-state index contributed by atoms with van der Waals surface area (Å²) in [6.07, 6.45) is 3.26. The largest absolute Gasteiger partial charge is 0.493 e. The summed E-state index contributed by atoms with van der Waals surface area (Å²) in [5, 5.41) is 2.95. The molecule has 1 N–H and O–H groups in total. The molecule has 0 saturated carbocycles. The number of carbonyl (C=O) groups is 1. The molecule has 0 atom stereocenters. The first-order valence-corrected chi connectivity index (χ1v) is 7.73. The highest BCUT2D eigenvalue weighted by Crippen LogP contribution is 2.28. The van der Waals surface area contributed by atoms with Crippen molar-refractivity contribution in [3.63, 3.8) is 0 Å². The van der Waals surface area contributed by atoms with Crippen LogP contribution in [0.25, 0.3) is 6.08 Å². The summed E-state index contributed by atoms with van der Waals surface area (Å²) in [4.78, 5) is 12.2. The van der Waals surface area contributed by atoms with E-state index >= 15 is 0 Å². The zero-order valence-corrected chi connectivity index (χ0v) is 14.8. The molecule has 2 aromatic carbocycles. The monoisotopic (exact) mass is 325 g/mol. The molecule has 0 aliphatic rings. The number of carbonyl (C=O) groups excluding carboxylic acids is 1. The molecule has 0 unspecified atom stereocenters. The maximum absolute atomic E-state index is 12.2. The Kier molecular flexibility index (Phi) is 5.64. The van der Waals surface area contributed by atoms with E-state index in [1.807, 2.05) is 39.0 Å². The Morgan fingerprint density at radius 2 is 1.58 bits per heavy atom. The van der Waals surface area contributed by atoms with E-state index in [1.54, 1.807) is 20.3 Å². The SMILES string of the molecule is COc1ccc(C=CC(=O)Nc2c(C)cc(C)cc2C)cc1OC. The van der Waals surface area contributed by atoms with Gasteiger partial charge in [0, 0.05) is 11.8 Å². The van der Waals surface area contributed by atoms with Gasteiger partial charge in [0.1, 0.15) is 0 Å². The van der Waals surface area contributed by atoms with Gasteiger partial charge in [0.05, 0.1) is 14.2 Å². The second-order valence-corrected chi connectivity index (χ2v) is 5.71. The molecule has 0 aliphatic carbocycles. The second kappa shape index (κ2) is 7.68. The molecular formula is C20H23NO3. The average molecular weight is 325 g/mol. The van der Waals surface area contributed by atoms with Crippen LogP contribution in [0.3, 0.4) is 0 Å². The van der Waals surface area contributed by atoms with Gasteiger partial charge in [0.2, 0.25) is 5.91 Å². The Hall–Kier alpha value is -2.75. The van der Waals surface area contributed by atoms with Crippen molar-refractivity contribution in [2.24, 2.45) is 0 Å². The zero-order chi connectivity index (χ0) is 17.7. The van der Waals surface area contributed by atoms with Crippen LogP contribution in [0.1, 0.15) is 22.3 Å². The Labute approximate surface area is 143 Å². The molecule has 0 aromatic heterocycles. The molecule has 4 heteroatoms. The average Bonchev–Trinajstić information content (AvgIpc) is 2.55. The number of methoxy groups -OCH3 is 2. The molecule has 0 bridgehead atoms. The lowest BCUT2D eigenvalue weighted by molar-refractivity contribution is -0.111. The van der Waals surface area contributed by atoms with Gasteiger partial charge in [-0.2, -0.15) is 0 Å². The smallest absolute Gasteiger partial charge is 0.248 e. The first-order valence-electron chi connectivity index (χ1n) is 7.73. The Bertz CT molecular complexity index is 755. The summed E-state index contributed by atoms with van der Waals surface area (Å²) in [5.41, 5.74) is 5.02. The van der Waals surface area contributed by atoms with E-state index in [2.05, 4.69) is 17.4 Å². The quantitative estimate of drug-likeness (QED) is 0.835. The maximum atomic E-state index is 12.2. The molecular weight excluding hydrogens is 302 g/mol. The minimum absolute atomic E-state index is 0.167. The summed E-state index contributed by atoms with van der Waals surface area (Å²) in [6, 6.07) is 9.62. The molecule has 0 aliphatic heterocycles. The van der Waals surface area contributed by atoms with Crippen molar-refractivity contribution in [3.8, 4) is 11.5 Å². The van der Waals surface area contributed by atoms with Gasteiger partial charge in [-0.25, -0.2) is 0 Å². The molecule has 2 aromatic rings. The lowest BCUT2D eigenvalue weighted by Crippen LogP contribution is -2.10. The normalized spacial score (nSPS) is 10.7. The van der Waals surface area contributed by atoms with Crippen molar-refractivity contribution in [1.82, 2.24) is 0 Å². The van der Waals surface area contributed by atoms with Crippen molar-refractivity contribution in [2.75, 3.05) is 19.5 Å². The lowest BCUT2D eigenvalue weighted by atomic mass is 10.1. The minimum atomic E-state index is -0.167. The van der Waals surface area contributed by atoms with Crippen molar-refractivity contribution in [2.45, 2.75) is 20.8 Å². The van der Waals surface area contributed by atoms with Crippen LogP contribution in [0.15, 0.2) is 36.4 Å². The van der Waals surface area contributed by atoms with Gasteiger partial charge >= 0.3 is 0 Å². The first kappa shape index (κ1) is 17.6. The van der Waals surface area contributed by atoms with Crippen LogP contribution in [-0.4, -0.2) is 20.1 Å². The summed E-state index contributed by atoms with van der Waals surface area (Å²) >= 11 is 0. The zero-order valence-electron chi connectivity index (χ0n) is 14.8. The number of hydrogen-bond acceptors (Lipinski definition) is 3. The number of anilines is 1. The first-order chi connectivity index (χ1) is 11.4. The number of nitrogens with one attached hydrogen (secondary N) is 1. The van der Waals surface area contributed by atoms with Crippen LogP contribution >= 0.6 is 0 Å². The van der Waals surface area contributed by atoms with Crippen molar-refractivity contribution < 1.29 is 14.3 Å². The number of hydrogen-bond donors (Lipinski definition) is 1. The number of ether oxygens (including phenoxy) is 2. The van der Waals surface area contributed by atoms with Crippen LogP contribution in [-0.2, 0) is 4.79 Å². The molecule has 0 spiro atoms. The number of amides is 1. The molecule has 0 fully saturated rings. The van der Waals surface area contributed by atoms with Crippen molar-refractivity contribution in [3.05, 3.63) is 58.7 Å². The highest BCUT2D eigenvalue weighted by atomic mass is 16.5. The lowest BCUT2D eigenvalue weighted by Gasteiger charge is -2.11. The van der Waals surface area contributed by atoms with Crippen molar-refractivity contribution in [1.29, 1.82) is 0 Å². The van der Waals surface area contributed by atoms with Gasteiger partial charge in [-0.1, -0.05) is 23.8 Å². The van der Waals surface area contributed by atoms with Gasteiger partial charge in [-0.15, -0.1) is 0 Å². The Balaban J connectivity index is 2.14. The van der Waals surface area contributed by atoms with E-state index in [0.717, 1.165) is 22.4 Å². The highest BCUT2D eigenvalue weighted by molar-refractivity contribution is 6.02. The fraction of sp³-hybridized carbons (Fsp3) is 0.250. The van der Waals surface area contributed by atoms with Gasteiger partial charge in [0.25, 0.3) is 0 Å². The summed E-state index contributed by atoms with van der Waals surface area (Å²) in [7, 11) is 3.17. The molecule has 126 valence electrons. The van der Waals surface area contributed by atoms with Gasteiger partial charge in [0.15, 0.2) is 11.5 Å². The van der Waals surface area contributed by atoms with Crippen LogP contribution in [0.5, 0.6) is 11.5 Å². The molecule has 2 rings (SSSR count). The number of aryl methyl sites for hydroxylation is 3. The van der Waals surface area contributed by atoms with E-state index in [-0.39, 0.29) is 5.91 Å². The molecule has 0 radical (unpaired) electrons. The van der Waals surface area contributed by atoms with E-state index in [1.165, 1.54) is 11.6 Å². The van der Waals surface area contributed by atoms with E-state index in [0.29, 0.717) is 11.5 Å². The number of rotatable bonds is 5. The van der Waals surface area contributed by atoms with Gasteiger partial charge < -0.3 is 14.8 Å².